The van der Waals surface area contributed by atoms with Crippen LogP contribution in [0.15, 0.2) is 116 Å². The molecular formula is C34H25N3O8S. The highest BCUT2D eigenvalue weighted by Gasteiger charge is 2.33. The van der Waals surface area contributed by atoms with E-state index in [0.717, 1.165) is 16.9 Å². The number of hydrogen-bond acceptors (Lipinski definition) is 10. The maximum absolute atomic E-state index is 14.0. The molecule has 0 N–H and O–H groups in total. The highest BCUT2D eigenvalue weighted by molar-refractivity contribution is 7.07. The van der Waals surface area contributed by atoms with Crippen molar-refractivity contribution in [3.05, 3.63) is 155 Å². The number of allylic oxidation sites excluding steroid dienone is 1. The van der Waals surface area contributed by atoms with Gasteiger partial charge in [-0.3, -0.25) is 19.5 Å². The summed E-state index contributed by atoms with van der Waals surface area (Å²) < 4.78 is 18.2. The number of rotatable bonds is 8. The molecular weight excluding hydrogens is 610 g/mol. The van der Waals surface area contributed by atoms with Crippen LogP contribution in [0.4, 0.5) is 5.69 Å². The molecule has 12 heteroatoms. The van der Waals surface area contributed by atoms with Gasteiger partial charge in [0.05, 0.1) is 39.4 Å². The number of aromatic nitrogens is 1. The summed E-state index contributed by atoms with van der Waals surface area (Å²) in [5.74, 6) is -0.406. The van der Waals surface area contributed by atoms with Gasteiger partial charge >= 0.3 is 11.9 Å². The number of carbonyl (C=O) groups is 2. The molecule has 0 radical (unpaired) electrons. The van der Waals surface area contributed by atoms with Crippen molar-refractivity contribution >= 4 is 35.0 Å². The fourth-order valence-electron chi connectivity index (χ4n) is 5.11. The van der Waals surface area contributed by atoms with E-state index in [0.29, 0.717) is 43.2 Å². The zero-order chi connectivity index (χ0) is 32.4. The Bertz CT molecular complexity index is 2190. The molecule has 0 saturated heterocycles. The number of benzene rings is 3. The Morgan fingerprint density at radius 3 is 2.50 bits per heavy atom. The quantitative estimate of drug-likeness (QED) is 0.133. The number of non-ortho nitro benzene ring substituents is 1. The minimum atomic E-state index is -0.898. The van der Waals surface area contributed by atoms with Crippen molar-refractivity contribution in [1.29, 1.82) is 0 Å². The average Bonchev–Trinajstić information content (AvgIpc) is 3.67. The van der Waals surface area contributed by atoms with Crippen LogP contribution in [0.1, 0.15) is 40.2 Å². The third kappa shape index (κ3) is 5.93. The van der Waals surface area contributed by atoms with Gasteiger partial charge in [-0.15, -0.1) is 0 Å². The molecule has 1 aliphatic heterocycles. The van der Waals surface area contributed by atoms with Crippen molar-refractivity contribution < 1.29 is 28.4 Å². The second-order valence-corrected chi connectivity index (χ2v) is 11.3. The first kappa shape index (κ1) is 30.2. The lowest BCUT2D eigenvalue weighted by atomic mass is 9.95. The number of furan rings is 1. The van der Waals surface area contributed by atoms with E-state index in [1.807, 2.05) is 30.3 Å². The maximum Gasteiger partial charge on any atom is 0.338 e. The Morgan fingerprint density at radius 2 is 1.78 bits per heavy atom. The van der Waals surface area contributed by atoms with Crippen molar-refractivity contribution in [2.75, 3.05) is 7.11 Å². The summed E-state index contributed by atoms with van der Waals surface area (Å²) >= 11 is 1.12. The number of nitrogens with zero attached hydrogens (tertiary/aromatic N) is 3. The molecule has 1 aliphatic rings. The third-order valence-electron chi connectivity index (χ3n) is 7.34. The third-order valence-corrected chi connectivity index (χ3v) is 8.33. The minimum absolute atomic E-state index is 0.0280. The number of nitro benzene ring substituents is 1. The molecule has 46 heavy (non-hydrogen) atoms. The molecule has 230 valence electrons. The van der Waals surface area contributed by atoms with E-state index in [1.165, 1.54) is 23.8 Å². The number of hydrogen-bond donors (Lipinski definition) is 0. The molecule has 0 bridgehead atoms. The fourth-order valence-corrected chi connectivity index (χ4v) is 6.13. The Kier molecular flexibility index (Phi) is 8.27. The van der Waals surface area contributed by atoms with Crippen LogP contribution >= 0.6 is 11.3 Å². The number of fused-ring (bicyclic) bond motifs is 1. The van der Waals surface area contributed by atoms with Crippen molar-refractivity contribution in [3.8, 4) is 11.3 Å². The molecule has 0 amide bonds. The highest BCUT2D eigenvalue weighted by Crippen LogP contribution is 2.31. The van der Waals surface area contributed by atoms with Gasteiger partial charge in [0, 0.05) is 23.8 Å². The smallest absolute Gasteiger partial charge is 0.338 e. The van der Waals surface area contributed by atoms with Crippen LogP contribution in [-0.4, -0.2) is 28.5 Å². The zero-order valence-corrected chi connectivity index (χ0v) is 25.4. The summed E-state index contributed by atoms with van der Waals surface area (Å²) in [5.41, 5.74) is 2.27. The van der Waals surface area contributed by atoms with E-state index >= 15 is 0 Å². The topological polar surface area (TPSA) is 143 Å². The monoisotopic (exact) mass is 635 g/mol. The highest BCUT2D eigenvalue weighted by atomic mass is 32.1. The van der Waals surface area contributed by atoms with Gasteiger partial charge in [0.2, 0.25) is 0 Å². The van der Waals surface area contributed by atoms with Gasteiger partial charge < -0.3 is 13.9 Å². The molecule has 5 aromatic rings. The lowest BCUT2D eigenvalue weighted by molar-refractivity contribution is -0.384. The first-order chi connectivity index (χ1) is 22.2. The molecule has 0 fully saturated rings. The molecule has 0 spiro atoms. The molecule has 0 saturated carbocycles. The summed E-state index contributed by atoms with van der Waals surface area (Å²) in [6, 6.07) is 24.2. The molecule has 2 aromatic heterocycles. The lowest BCUT2D eigenvalue weighted by Gasteiger charge is -2.25. The maximum atomic E-state index is 14.0. The van der Waals surface area contributed by atoms with E-state index in [1.54, 1.807) is 61.5 Å². The van der Waals surface area contributed by atoms with Crippen molar-refractivity contribution in [2.45, 2.75) is 19.6 Å². The van der Waals surface area contributed by atoms with Gasteiger partial charge in [0.15, 0.2) is 4.80 Å². The van der Waals surface area contributed by atoms with Crippen LogP contribution < -0.4 is 14.9 Å². The van der Waals surface area contributed by atoms with Gasteiger partial charge in [-0.1, -0.05) is 65.9 Å². The van der Waals surface area contributed by atoms with Crippen LogP contribution in [0.2, 0.25) is 0 Å². The standard InChI is InChI=1S/C34H25N3O8S/c1-20-29(33(40)44-19-21-7-4-3-5-8-21)30(22-11-13-23(14-12-22)32(39)43-2)36-31(38)28(46-34(36)35-20)18-26-15-16-27(45-26)24-9-6-10-25(17-24)37(41)42/h3-18,30H,19H2,1-2H3. The van der Waals surface area contributed by atoms with Crippen molar-refractivity contribution in [3.63, 3.8) is 0 Å². The number of methoxy groups -OCH3 is 1. The summed E-state index contributed by atoms with van der Waals surface area (Å²) in [4.78, 5) is 55.4. The Labute approximate surface area is 265 Å². The summed E-state index contributed by atoms with van der Waals surface area (Å²) in [7, 11) is 1.28. The van der Waals surface area contributed by atoms with E-state index in [9.17, 15) is 24.5 Å². The first-order valence-corrected chi connectivity index (χ1v) is 14.8. The van der Waals surface area contributed by atoms with Gasteiger partial charge in [-0.2, -0.15) is 0 Å². The molecule has 1 unspecified atom stereocenters. The summed E-state index contributed by atoms with van der Waals surface area (Å²) in [5, 5.41) is 11.2. The van der Waals surface area contributed by atoms with Gasteiger partial charge in [-0.05, 0) is 42.3 Å². The minimum Gasteiger partial charge on any atom is -0.465 e. The van der Waals surface area contributed by atoms with E-state index in [4.69, 9.17) is 13.9 Å². The summed E-state index contributed by atoms with van der Waals surface area (Å²) in [6.45, 7) is 1.71. The van der Waals surface area contributed by atoms with E-state index in [2.05, 4.69) is 4.99 Å². The molecule has 0 aliphatic carbocycles. The zero-order valence-electron chi connectivity index (χ0n) is 24.5. The van der Waals surface area contributed by atoms with Crippen LogP contribution in [0.5, 0.6) is 0 Å². The van der Waals surface area contributed by atoms with Crippen molar-refractivity contribution in [2.24, 2.45) is 4.99 Å². The van der Waals surface area contributed by atoms with Crippen LogP contribution in [0, 0.1) is 10.1 Å². The normalized spacial score (nSPS) is 14.4. The van der Waals surface area contributed by atoms with Crippen LogP contribution in [0.25, 0.3) is 17.4 Å². The molecule has 3 heterocycles. The van der Waals surface area contributed by atoms with Crippen LogP contribution in [-0.2, 0) is 20.9 Å². The SMILES string of the molecule is COC(=O)c1ccc(C2C(C(=O)OCc3ccccc3)=C(C)N=c3sc(=Cc4ccc(-c5cccc([N+](=O)[O-])c5)o4)c(=O)n32)cc1. The van der Waals surface area contributed by atoms with E-state index < -0.39 is 28.5 Å². The number of nitro groups is 1. The number of carbonyl (C=O) groups excluding carboxylic acids is 2. The Hall–Kier alpha value is -5.88. The largest absolute Gasteiger partial charge is 0.465 e. The second-order valence-electron chi connectivity index (χ2n) is 10.3. The molecule has 6 rings (SSSR count). The van der Waals surface area contributed by atoms with Gasteiger partial charge in [0.1, 0.15) is 18.1 Å². The average molecular weight is 636 g/mol. The lowest BCUT2D eigenvalue weighted by Crippen LogP contribution is -2.39. The molecule has 1 atom stereocenters. The molecule has 11 nitrogen and oxygen atoms in total. The van der Waals surface area contributed by atoms with Gasteiger partial charge in [0.25, 0.3) is 11.2 Å². The van der Waals surface area contributed by atoms with Gasteiger partial charge in [-0.25, -0.2) is 14.6 Å². The summed E-state index contributed by atoms with van der Waals surface area (Å²) in [6.07, 6.45) is 1.56. The first-order valence-electron chi connectivity index (χ1n) is 14.0. The van der Waals surface area contributed by atoms with E-state index in [-0.39, 0.29) is 17.9 Å². The van der Waals surface area contributed by atoms with Crippen LogP contribution in [0.3, 0.4) is 0 Å². The Balaban J connectivity index is 1.41. The molecule has 3 aromatic carbocycles. The fraction of sp³-hybridized carbons (Fsp3) is 0.118. The number of thiazole rings is 1. The predicted octanol–water partition coefficient (Wildman–Crippen LogP) is 4.93. The second kappa shape index (κ2) is 12.6. The van der Waals surface area contributed by atoms with Crippen molar-refractivity contribution in [1.82, 2.24) is 4.57 Å². The number of ether oxygens (including phenoxy) is 2. The number of esters is 2. The predicted molar refractivity (Wildman–Crippen MR) is 169 cm³/mol. The Morgan fingerprint density at radius 1 is 1.02 bits per heavy atom.